The van der Waals surface area contributed by atoms with Gasteiger partial charge in [-0.3, -0.25) is 9.69 Å². The van der Waals surface area contributed by atoms with E-state index in [0.717, 1.165) is 60.1 Å². The molecule has 0 amide bonds. The van der Waals surface area contributed by atoms with Gasteiger partial charge in [0, 0.05) is 24.2 Å². The first kappa shape index (κ1) is 26.9. The standard InChI is InChI=1S/C30H38N6O3/c1-4-21-10-12-26-23(16-21)18-24(30(37)31-26)19-35(15-14-22-11-13-27(38-2)28(17-22)39-3)20-29-32-33-34-36(29)25-8-6-5-7-9-25/h10-13,16-18,25H,4-9,14-15,19-20H2,1-3H3,(H,31,37). The molecule has 2 aromatic carbocycles. The Morgan fingerprint density at radius 3 is 2.54 bits per heavy atom. The monoisotopic (exact) mass is 530 g/mol. The number of aryl methyl sites for hydroxylation is 1. The molecule has 9 heteroatoms. The maximum atomic E-state index is 13.1. The van der Waals surface area contributed by atoms with Gasteiger partial charge in [0.25, 0.3) is 5.56 Å². The molecule has 2 heterocycles. The van der Waals surface area contributed by atoms with Crippen LogP contribution in [0.2, 0.25) is 0 Å². The molecule has 1 aliphatic rings. The number of benzene rings is 2. The summed E-state index contributed by atoms with van der Waals surface area (Å²) < 4.78 is 12.9. The number of hydrogen-bond donors (Lipinski definition) is 1. The third-order valence-electron chi connectivity index (χ3n) is 7.80. The Bertz CT molecular complexity index is 1460. The number of methoxy groups -OCH3 is 2. The van der Waals surface area contributed by atoms with Crippen molar-refractivity contribution < 1.29 is 9.47 Å². The molecule has 0 atom stereocenters. The van der Waals surface area contributed by atoms with Gasteiger partial charge in [0.2, 0.25) is 0 Å². The van der Waals surface area contributed by atoms with Crippen LogP contribution in [0.4, 0.5) is 0 Å². The number of nitrogens with one attached hydrogen (secondary N) is 1. The molecular weight excluding hydrogens is 492 g/mol. The number of H-pyrrole nitrogens is 1. The Morgan fingerprint density at radius 1 is 0.974 bits per heavy atom. The zero-order chi connectivity index (χ0) is 27.2. The topological polar surface area (TPSA) is 98.2 Å². The SMILES string of the molecule is CCc1ccc2[nH]c(=O)c(CN(CCc3ccc(OC)c(OC)c3)Cc3nnnn3C3CCCCC3)cc2c1. The molecule has 0 unspecified atom stereocenters. The summed E-state index contributed by atoms with van der Waals surface area (Å²) in [5.74, 6) is 2.26. The summed E-state index contributed by atoms with van der Waals surface area (Å²) in [4.78, 5) is 18.5. The third kappa shape index (κ3) is 6.30. The summed E-state index contributed by atoms with van der Waals surface area (Å²) >= 11 is 0. The van der Waals surface area contributed by atoms with Crippen LogP contribution >= 0.6 is 0 Å². The fourth-order valence-corrected chi connectivity index (χ4v) is 5.54. The van der Waals surface area contributed by atoms with Crippen LogP contribution in [0.15, 0.2) is 47.3 Å². The van der Waals surface area contributed by atoms with Gasteiger partial charge in [-0.15, -0.1) is 5.10 Å². The fourth-order valence-electron chi connectivity index (χ4n) is 5.54. The first-order chi connectivity index (χ1) is 19.1. The van der Waals surface area contributed by atoms with Crippen molar-refractivity contribution in [2.75, 3.05) is 20.8 Å². The van der Waals surface area contributed by atoms with Gasteiger partial charge < -0.3 is 14.5 Å². The van der Waals surface area contributed by atoms with E-state index in [2.05, 4.69) is 50.5 Å². The molecule has 1 saturated carbocycles. The van der Waals surface area contributed by atoms with Gasteiger partial charge in [-0.2, -0.15) is 0 Å². The molecule has 39 heavy (non-hydrogen) atoms. The van der Waals surface area contributed by atoms with Crippen LogP contribution in [-0.2, 0) is 25.9 Å². The number of hydrogen-bond acceptors (Lipinski definition) is 7. The molecule has 4 aromatic rings. The molecule has 0 radical (unpaired) electrons. The predicted molar refractivity (Wildman–Crippen MR) is 151 cm³/mol. The number of nitrogens with zero attached hydrogens (tertiary/aromatic N) is 5. The lowest BCUT2D eigenvalue weighted by atomic mass is 9.95. The molecule has 9 nitrogen and oxygen atoms in total. The smallest absolute Gasteiger partial charge is 0.252 e. The third-order valence-corrected chi connectivity index (χ3v) is 7.80. The summed E-state index contributed by atoms with van der Waals surface area (Å²) in [6, 6.07) is 14.6. The molecule has 1 N–H and O–H groups in total. The van der Waals surface area contributed by atoms with E-state index in [1.165, 1.54) is 24.8 Å². The predicted octanol–water partition coefficient (Wildman–Crippen LogP) is 4.84. The molecule has 0 aliphatic heterocycles. The highest BCUT2D eigenvalue weighted by atomic mass is 16.5. The Balaban J connectivity index is 1.42. The van der Waals surface area contributed by atoms with Crippen molar-refractivity contribution in [3.63, 3.8) is 0 Å². The summed E-state index contributed by atoms with van der Waals surface area (Å²) in [6.07, 6.45) is 7.62. The van der Waals surface area contributed by atoms with Gasteiger partial charge in [-0.05, 0) is 83.0 Å². The van der Waals surface area contributed by atoms with E-state index in [1.54, 1.807) is 14.2 Å². The maximum absolute atomic E-state index is 13.1. The highest BCUT2D eigenvalue weighted by Crippen LogP contribution is 2.29. The molecule has 0 saturated heterocycles. The van der Waals surface area contributed by atoms with Gasteiger partial charge in [0.15, 0.2) is 17.3 Å². The molecule has 0 spiro atoms. The van der Waals surface area contributed by atoms with Crippen molar-refractivity contribution in [3.05, 3.63) is 75.3 Å². The number of aromatic amines is 1. The van der Waals surface area contributed by atoms with E-state index in [9.17, 15) is 4.79 Å². The summed E-state index contributed by atoms with van der Waals surface area (Å²) in [7, 11) is 3.29. The van der Waals surface area contributed by atoms with Crippen molar-refractivity contribution in [1.29, 1.82) is 0 Å². The van der Waals surface area contributed by atoms with Gasteiger partial charge in [-0.1, -0.05) is 38.3 Å². The largest absolute Gasteiger partial charge is 0.493 e. The molecular formula is C30H38N6O3. The van der Waals surface area contributed by atoms with Crippen molar-refractivity contribution in [2.45, 2.75) is 71.0 Å². The highest BCUT2D eigenvalue weighted by Gasteiger charge is 2.22. The molecule has 1 fully saturated rings. The lowest BCUT2D eigenvalue weighted by molar-refractivity contribution is 0.235. The van der Waals surface area contributed by atoms with Crippen LogP contribution in [0.5, 0.6) is 11.5 Å². The normalized spacial score (nSPS) is 14.3. The highest BCUT2D eigenvalue weighted by molar-refractivity contribution is 5.79. The van der Waals surface area contributed by atoms with Crippen LogP contribution < -0.4 is 15.0 Å². The molecule has 206 valence electrons. The van der Waals surface area contributed by atoms with Gasteiger partial charge in [0.1, 0.15) is 0 Å². The second kappa shape index (κ2) is 12.4. The molecule has 2 aromatic heterocycles. The minimum Gasteiger partial charge on any atom is -0.493 e. The van der Waals surface area contributed by atoms with Crippen molar-refractivity contribution in [2.24, 2.45) is 0 Å². The van der Waals surface area contributed by atoms with Gasteiger partial charge >= 0.3 is 0 Å². The van der Waals surface area contributed by atoms with Crippen molar-refractivity contribution in [1.82, 2.24) is 30.1 Å². The molecule has 0 bridgehead atoms. The number of aromatic nitrogens is 5. The van der Waals surface area contributed by atoms with Crippen molar-refractivity contribution >= 4 is 10.9 Å². The average Bonchev–Trinajstić information content (AvgIpc) is 3.44. The van der Waals surface area contributed by atoms with Crippen LogP contribution in [-0.4, -0.2) is 50.9 Å². The molecule has 5 rings (SSSR count). The number of ether oxygens (including phenoxy) is 2. The van der Waals surface area contributed by atoms with Gasteiger partial charge in [-0.25, -0.2) is 4.68 Å². The minimum atomic E-state index is -0.0604. The van der Waals surface area contributed by atoms with Crippen LogP contribution in [0.1, 0.15) is 67.6 Å². The van der Waals surface area contributed by atoms with E-state index in [4.69, 9.17) is 9.47 Å². The first-order valence-electron chi connectivity index (χ1n) is 13.9. The number of fused-ring (bicyclic) bond motifs is 1. The Kier molecular flexibility index (Phi) is 8.56. The van der Waals surface area contributed by atoms with Crippen LogP contribution in [0.3, 0.4) is 0 Å². The van der Waals surface area contributed by atoms with Gasteiger partial charge in [0.05, 0.1) is 26.8 Å². The first-order valence-corrected chi connectivity index (χ1v) is 13.9. The number of pyridine rings is 1. The van der Waals surface area contributed by atoms with Crippen LogP contribution in [0.25, 0.3) is 10.9 Å². The van der Waals surface area contributed by atoms with E-state index in [0.29, 0.717) is 30.6 Å². The Labute approximate surface area is 229 Å². The number of rotatable bonds is 11. The molecule has 1 aliphatic carbocycles. The van der Waals surface area contributed by atoms with Crippen LogP contribution in [0, 0.1) is 0 Å². The summed E-state index contributed by atoms with van der Waals surface area (Å²) in [6.45, 7) is 3.91. The van der Waals surface area contributed by atoms with Crippen molar-refractivity contribution in [3.8, 4) is 11.5 Å². The second-order valence-electron chi connectivity index (χ2n) is 10.4. The van der Waals surface area contributed by atoms with E-state index in [-0.39, 0.29) is 5.56 Å². The second-order valence-corrected chi connectivity index (χ2v) is 10.4. The minimum absolute atomic E-state index is 0.0604. The van der Waals surface area contributed by atoms with E-state index in [1.807, 2.05) is 28.9 Å². The zero-order valence-corrected chi connectivity index (χ0v) is 23.2. The summed E-state index contributed by atoms with van der Waals surface area (Å²) in [5.41, 5.74) is 3.91. The quantitative estimate of drug-likeness (QED) is 0.296. The maximum Gasteiger partial charge on any atom is 0.252 e. The van der Waals surface area contributed by atoms with E-state index >= 15 is 0 Å². The fraction of sp³-hybridized carbons (Fsp3) is 0.467. The zero-order valence-electron chi connectivity index (χ0n) is 23.2. The lowest BCUT2D eigenvalue weighted by Gasteiger charge is -2.25. The Hall–Kier alpha value is -3.72. The Morgan fingerprint density at radius 2 is 1.77 bits per heavy atom. The van der Waals surface area contributed by atoms with E-state index < -0.39 is 0 Å². The summed E-state index contributed by atoms with van der Waals surface area (Å²) in [5, 5.41) is 13.9. The average molecular weight is 531 g/mol. The lowest BCUT2D eigenvalue weighted by Crippen LogP contribution is -2.30. The number of tetrazole rings is 1.